The van der Waals surface area contributed by atoms with Gasteiger partial charge in [-0.15, -0.1) is 0 Å². The van der Waals surface area contributed by atoms with Crippen LogP contribution < -0.4 is 0 Å². The van der Waals surface area contributed by atoms with Crippen LogP contribution in [0.15, 0.2) is 40.9 Å². The topological polar surface area (TPSA) is 52.7 Å². The molecule has 0 saturated carbocycles. The maximum absolute atomic E-state index is 9.99. The van der Waals surface area contributed by atoms with Gasteiger partial charge in [0.05, 0.1) is 11.3 Å². The third-order valence-corrected chi connectivity index (χ3v) is 4.44. The first-order valence-corrected chi connectivity index (χ1v) is 8.60. The van der Waals surface area contributed by atoms with Crippen LogP contribution in [0.1, 0.15) is 26.5 Å². The van der Waals surface area contributed by atoms with Crippen LogP contribution in [-0.2, 0) is 6.54 Å². The Morgan fingerprint density at radius 1 is 1.25 bits per heavy atom. The minimum atomic E-state index is -0.640. The Hall–Kier alpha value is -1.69. The van der Waals surface area contributed by atoms with Gasteiger partial charge in [-0.3, -0.25) is 9.80 Å². The summed E-state index contributed by atoms with van der Waals surface area (Å²) < 4.78 is 5.49. The highest BCUT2D eigenvalue weighted by atomic mass is 16.5. The van der Waals surface area contributed by atoms with E-state index in [9.17, 15) is 5.11 Å². The van der Waals surface area contributed by atoms with Crippen molar-refractivity contribution in [3.05, 3.63) is 42.1 Å². The summed E-state index contributed by atoms with van der Waals surface area (Å²) in [4.78, 5) is 4.76. The summed E-state index contributed by atoms with van der Waals surface area (Å²) in [5.74, 6) is 0.818. The lowest BCUT2D eigenvalue weighted by molar-refractivity contribution is 0.00155. The van der Waals surface area contributed by atoms with Gasteiger partial charge in [0.25, 0.3) is 0 Å². The zero-order valence-corrected chi connectivity index (χ0v) is 14.8. The molecule has 2 heterocycles. The molecule has 5 nitrogen and oxygen atoms in total. The molecule has 1 saturated heterocycles. The van der Waals surface area contributed by atoms with E-state index in [0.717, 1.165) is 43.2 Å². The Labute approximate surface area is 143 Å². The maximum atomic E-state index is 9.99. The van der Waals surface area contributed by atoms with Gasteiger partial charge >= 0.3 is 0 Å². The van der Waals surface area contributed by atoms with E-state index in [2.05, 4.69) is 21.9 Å². The van der Waals surface area contributed by atoms with Crippen molar-refractivity contribution in [3.8, 4) is 11.3 Å². The number of rotatable bonds is 5. The van der Waals surface area contributed by atoms with Gasteiger partial charge in [-0.25, -0.2) is 0 Å². The zero-order valence-electron chi connectivity index (χ0n) is 14.8. The molecule has 0 bridgehead atoms. The lowest BCUT2D eigenvalue weighted by Gasteiger charge is -2.41. The lowest BCUT2D eigenvalue weighted by atomic mass is 10.1. The molecular formula is C19H27N3O2. The van der Waals surface area contributed by atoms with Gasteiger partial charge in [-0.05, 0) is 20.8 Å². The quantitative estimate of drug-likeness (QED) is 0.914. The van der Waals surface area contributed by atoms with Crippen molar-refractivity contribution in [1.82, 2.24) is 15.0 Å². The SMILES string of the molecule is CC1CN(CC(C)(C)O)CCN1Cc1cc(-c2ccccc2)on1. The summed E-state index contributed by atoms with van der Waals surface area (Å²) in [6.45, 7) is 10.4. The number of aromatic nitrogens is 1. The number of β-amino-alcohol motifs (C(OH)–C–C–N with tert-alkyl or cyclic N) is 1. The summed E-state index contributed by atoms with van der Waals surface area (Å²) >= 11 is 0. The molecule has 0 spiro atoms. The number of hydrogen-bond acceptors (Lipinski definition) is 5. The molecular weight excluding hydrogens is 302 g/mol. The predicted molar refractivity (Wildman–Crippen MR) is 94.5 cm³/mol. The predicted octanol–water partition coefficient (Wildman–Crippen LogP) is 2.62. The molecule has 1 N–H and O–H groups in total. The van der Waals surface area contributed by atoms with Crippen LogP contribution in [0.2, 0.25) is 0 Å². The van der Waals surface area contributed by atoms with Gasteiger partial charge in [0.1, 0.15) is 0 Å². The first-order chi connectivity index (χ1) is 11.4. The molecule has 0 radical (unpaired) electrons. The second-order valence-electron chi connectivity index (χ2n) is 7.42. The van der Waals surface area contributed by atoms with Crippen LogP contribution >= 0.6 is 0 Å². The van der Waals surface area contributed by atoms with Crippen molar-refractivity contribution in [2.24, 2.45) is 0 Å². The molecule has 1 aliphatic rings. The largest absolute Gasteiger partial charge is 0.389 e. The molecule has 1 aliphatic heterocycles. The number of piperazine rings is 1. The summed E-state index contributed by atoms with van der Waals surface area (Å²) in [6, 6.07) is 12.5. The molecule has 24 heavy (non-hydrogen) atoms. The summed E-state index contributed by atoms with van der Waals surface area (Å²) in [7, 11) is 0. The van der Waals surface area contributed by atoms with Gasteiger partial charge in [0, 0.05) is 50.4 Å². The number of benzene rings is 1. The van der Waals surface area contributed by atoms with Gasteiger partial charge < -0.3 is 9.63 Å². The Balaban J connectivity index is 1.58. The summed E-state index contributed by atoms with van der Waals surface area (Å²) in [5, 5.41) is 14.2. The van der Waals surface area contributed by atoms with E-state index in [4.69, 9.17) is 4.52 Å². The first kappa shape index (κ1) is 17.1. The number of nitrogens with zero attached hydrogens (tertiary/aromatic N) is 3. The molecule has 3 rings (SSSR count). The normalized spacial score (nSPS) is 20.4. The molecule has 0 aliphatic carbocycles. The van der Waals surface area contributed by atoms with Crippen LogP contribution in [0.4, 0.5) is 0 Å². The van der Waals surface area contributed by atoms with Crippen molar-refractivity contribution >= 4 is 0 Å². The maximum Gasteiger partial charge on any atom is 0.167 e. The van der Waals surface area contributed by atoms with Crippen molar-refractivity contribution in [3.63, 3.8) is 0 Å². The van der Waals surface area contributed by atoms with Crippen molar-refractivity contribution < 1.29 is 9.63 Å². The van der Waals surface area contributed by atoms with Crippen LogP contribution in [0.5, 0.6) is 0 Å². The molecule has 1 aromatic carbocycles. The molecule has 2 aromatic rings. The second kappa shape index (κ2) is 7.05. The minimum absolute atomic E-state index is 0.429. The van der Waals surface area contributed by atoms with Gasteiger partial charge in [0.2, 0.25) is 0 Å². The van der Waals surface area contributed by atoms with Gasteiger partial charge in [-0.2, -0.15) is 0 Å². The lowest BCUT2D eigenvalue weighted by Crippen LogP contribution is -2.54. The van der Waals surface area contributed by atoms with Crippen LogP contribution in [0, 0.1) is 0 Å². The standard InChI is InChI=1S/C19H27N3O2/c1-15-12-21(14-19(2,3)23)9-10-22(15)13-17-11-18(24-20-17)16-7-5-4-6-8-16/h4-8,11,15,23H,9-10,12-14H2,1-3H3. The Morgan fingerprint density at radius 2 is 2.00 bits per heavy atom. The third kappa shape index (κ3) is 4.44. The average molecular weight is 329 g/mol. The Kier molecular flexibility index (Phi) is 5.04. The molecule has 130 valence electrons. The van der Waals surface area contributed by atoms with E-state index >= 15 is 0 Å². The van der Waals surface area contributed by atoms with Gasteiger partial charge in [-0.1, -0.05) is 35.5 Å². The molecule has 1 aromatic heterocycles. The molecule has 1 fully saturated rings. The van der Waals surface area contributed by atoms with Gasteiger partial charge in [0.15, 0.2) is 5.76 Å². The minimum Gasteiger partial charge on any atom is -0.389 e. The van der Waals surface area contributed by atoms with E-state index in [1.165, 1.54) is 0 Å². The average Bonchev–Trinajstić information content (AvgIpc) is 2.98. The van der Waals surface area contributed by atoms with Crippen LogP contribution in [-0.4, -0.2) is 57.9 Å². The van der Waals surface area contributed by atoms with Crippen LogP contribution in [0.3, 0.4) is 0 Å². The fraction of sp³-hybridized carbons (Fsp3) is 0.526. The molecule has 1 atom stereocenters. The molecule has 1 unspecified atom stereocenters. The second-order valence-corrected chi connectivity index (χ2v) is 7.42. The van der Waals surface area contributed by atoms with E-state index in [0.29, 0.717) is 12.6 Å². The Morgan fingerprint density at radius 3 is 2.67 bits per heavy atom. The fourth-order valence-electron chi connectivity index (χ4n) is 3.33. The van der Waals surface area contributed by atoms with E-state index < -0.39 is 5.60 Å². The number of hydrogen-bond donors (Lipinski definition) is 1. The fourth-order valence-corrected chi connectivity index (χ4v) is 3.33. The third-order valence-electron chi connectivity index (χ3n) is 4.44. The van der Waals surface area contributed by atoms with Crippen LogP contribution in [0.25, 0.3) is 11.3 Å². The highest BCUT2D eigenvalue weighted by Crippen LogP contribution is 2.22. The first-order valence-electron chi connectivity index (χ1n) is 8.60. The van der Waals surface area contributed by atoms with E-state index in [-0.39, 0.29) is 0 Å². The van der Waals surface area contributed by atoms with Crippen molar-refractivity contribution in [2.45, 2.75) is 39.0 Å². The monoisotopic (exact) mass is 329 g/mol. The summed E-state index contributed by atoms with van der Waals surface area (Å²) in [6.07, 6.45) is 0. The van der Waals surface area contributed by atoms with E-state index in [1.807, 2.05) is 50.2 Å². The van der Waals surface area contributed by atoms with Crippen molar-refractivity contribution in [1.29, 1.82) is 0 Å². The van der Waals surface area contributed by atoms with Crippen molar-refractivity contribution in [2.75, 3.05) is 26.2 Å². The Bertz CT molecular complexity index is 648. The molecule has 5 heteroatoms. The highest BCUT2D eigenvalue weighted by molar-refractivity contribution is 5.56. The molecule has 0 amide bonds. The smallest absolute Gasteiger partial charge is 0.167 e. The highest BCUT2D eigenvalue weighted by Gasteiger charge is 2.27. The van der Waals surface area contributed by atoms with E-state index in [1.54, 1.807) is 0 Å². The summed E-state index contributed by atoms with van der Waals surface area (Å²) in [5.41, 5.74) is 1.38. The number of aliphatic hydroxyl groups is 1. The zero-order chi connectivity index (χ0) is 17.2.